The van der Waals surface area contributed by atoms with Crippen LogP contribution in [0, 0.1) is 0 Å². The minimum absolute atomic E-state index is 0.528. The van der Waals surface area contributed by atoms with Crippen LogP contribution in [0.1, 0.15) is 0 Å². The van der Waals surface area contributed by atoms with E-state index in [2.05, 4.69) is 243 Å². The summed E-state index contributed by atoms with van der Waals surface area (Å²) in [5.74, 6) is 0.528. The van der Waals surface area contributed by atoms with E-state index in [4.69, 9.17) is 19.4 Å². The third kappa shape index (κ3) is 7.47. The Kier molecular flexibility index (Phi) is 9.49. The highest BCUT2D eigenvalue weighted by Gasteiger charge is 2.19. The van der Waals surface area contributed by atoms with Crippen molar-refractivity contribution in [2.75, 3.05) is 0 Å². The third-order valence-electron chi connectivity index (χ3n) is 14.0. The molecule has 0 amide bonds. The number of nitrogens with zero attached hydrogens (tertiary/aromatic N) is 3. The maximum absolute atomic E-state index is 6.73. The van der Waals surface area contributed by atoms with Crippen LogP contribution in [0.4, 0.5) is 0 Å². The second kappa shape index (κ2) is 16.6. The van der Waals surface area contributed by atoms with Crippen molar-refractivity contribution in [3.63, 3.8) is 0 Å². The number of oxazole rings is 1. The van der Waals surface area contributed by atoms with Crippen molar-refractivity contribution in [2.45, 2.75) is 0 Å². The van der Waals surface area contributed by atoms with Gasteiger partial charge in [-0.3, -0.25) is 0 Å². The summed E-state index contributed by atoms with van der Waals surface area (Å²) in [5, 5.41) is 11.6. The van der Waals surface area contributed by atoms with E-state index in [0.29, 0.717) is 5.89 Å². The van der Waals surface area contributed by atoms with Gasteiger partial charge in [-0.2, -0.15) is 0 Å². The number of pyridine rings is 2. The van der Waals surface area contributed by atoms with Gasteiger partial charge < -0.3 is 4.42 Å². The summed E-state index contributed by atoms with van der Waals surface area (Å²) in [7, 11) is 0. The maximum Gasteiger partial charge on any atom is 0.227 e. The lowest BCUT2D eigenvalue weighted by molar-refractivity contribution is 0.620. The summed E-state index contributed by atoms with van der Waals surface area (Å²) in [4.78, 5) is 16.3. The first-order valence-corrected chi connectivity index (χ1v) is 24.0. The first kappa shape index (κ1) is 40.5. The molecule has 0 saturated heterocycles. The second-order valence-electron chi connectivity index (χ2n) is 18.5. The monoisotopic (exact) mass is 903 g/mol. The number of aromatic nitrogens is 3. The minimum Gasteiger partial charge on any atom is -0.436 e. The van der Waals surface area contributed by atoms with E-state index in [-0.39, 0.29) is 0 Å². The van der Waals surface area contributed by atoms with Crippen molar-refractivity contribution in [2.24, 2.45) is 0 Å². The summed E-state index contributed by atoms with van der Waals surface area (Å²) in [5.41, 5.74) is 14.1. The van der Waals surface area contributed by atoms with Crippen molar-refractivity contribution in [3.8, 4) is 78.7 Å². The van der Waals surface area contributed by atoms with E-state index in [0.717, 1.165) is 105 Å². The minimum atomic E-state index is 0.528. The predicted octanol–water partition coefficient (Wildman–Crippen LogP) is 18.1. The van der Waals surface area contributed by atoms with E-state index in [1.165, 1.54) is 32.3 Å². The Balaban J connectivity index is 1.02. The fraction of sp³-hybridized carbons (Fsp3) is 0. The van der Waals surface area contributed by atoms with Crippen molar-refractivity contribution in [1.29, 1.82) is 0 Å². The van der Waals surface area contributed by atoms with Gasteiger partial charge in [0.2, 0.25) is 5.89 Å². The summed E-state index contributed by atoms with van der Waals surface area (Å²) in [6, 6.07) is 88.6. The standard InChI is InChI=1S/C67H41N3O/c1-5-16-47-31-51(25-21-42(47)11-1)55-38-61(53-27-23-44-13-3-7-18-49(44)33-53)68-63(40-55)57-35-58(37-59(36-57)67-70-66-60-20-10-9-15-46(60)29-30-65(66)71-67)64-41-56(52-26-22-43-12-2-6-17-48(43)32-52)39-62(69-64)54-28-24-45-14-4-8-19-50(45)34-54/h1-41H. The zero-order valence-corrected chi connectivity index (χ0v) is 38.4. The fourth-order valence-electron chi connectivity index (χ4n) is 10.3. The molecule has 0 aliphatic heterocycles. The quantitative estimate of drug-likeness (QED) is 0.160. The van der Waals surface area contributed by atoms with Crippen molar-refractivity contribution in [1.82, 2.24) is 15.0 Å². The van der Waals surface area contributed by atoms with Crippen LogP contribution in [0.3, 0.4) is 0 Å². The number of rotatable bonds is 7. The largest absolute Gasteiger partial charge is 0.436 e. The summed E-state index contributed by atoms with van der Waals surface area (Å²) in [6.45, 7) is 0. The Hall–Kier alpha value is -9.51. The normalized spacial score (nSPS) is 11.7. The average Bonchev–Trinajstić information content (AvgIpc) is 3.90. The smallest absolute Gasteiger partial charge is 0.227 e. The zero-order chi connectivity index (χ0) is 46.8. The fourth-order valence-corrected chi connectivity index (χ4v) is 10.3. The van der Waals surface area contributed by atoms with E-state index >= 15 is 0 Å². The summed E-state index contributed by atoms with van der Waals surface area (Å²) >= 11 is 0. The molecule has 0 aliphatic carbocycles. The van der Waals surface area contributed by atoms with Gasteiger partial charge in [0.15, 0.2) is 5.58 Å². The molecule has 0 bridgehead atoms. The molecule has 71 heavy (non-hydrogen) atoms. The molecule has 0 radical (unpaired) electrons. The van der Waals surface area contributed by atoms with E-state index < -0.39 is 0 Å². The molecular weight excluding hydrogens is 863 g/mol. The lowest BCUT2D eigenvalue weighted by Gasteiger charge is -2.15. The molecule has 11 aromatic carbocycles. The lowest BCUT2D eigenvalue weighted by atomic mass is 9.94. The number of fused-ring (bicyclic) bond motifs is 7. The predicted molar refractivity (Wildman–Crippen MR) is 295 cm³/mol. The molecule has 3 aromatic heterocycles. The first-order valence-electron chi connectivity index (χ1n) is 24.0. The van der Waals surface area contributed by atoms with Gasteiger partial charge in [0.05, 0.1) is 22.8 Å². The van der Waals surface area contributed by atoms with Crippen molar-refractivity contribution < 1.29 is 4.42 Å². The molecule has 14 aromatic rings. The van der Waals surface area contributed by atoms with Crippen LogP contribution in [-0.4, -0.2) is 15.0 Å². The van der Waals surface area contributed by atoms with Gasteiger partial charge in [-0.25, -0.2) is 15.0 Å². The van der Waals surface area contributed by atoms with Gasteiger partial charge in [0.1, 0.15) is 5.52 Å². The van der Waals surface area contributed by atoms with E-state index in [9.17, 15) is 0 Å². The van der Waals surface area contributed by atoms with Crippen LogP contribution in [0.15, 0.2) is 253 Å². The van der Waals surface area contributed by atoms with Crippen LogP contribution in [0.5, 0.6) is 0 Å². The summed E-state index contributed by atoms with van der Waals surface area (Å²) < 4.78 is 6.73. The Labute approximate surface area is 409 Å². The second-order valence-corrected chi connectivity index (χ2v) is 18.5. The van der Waals surface area contributed by atoms with Gasteiger partial charge in [0.25, 0.3) is 0 Å². The number of benzene rings is 11. The van der Waals surface area contributed by atoms with Crippen molar-refractivity contribution >= 4 is 65.0 Å². The number of hydrogen-bond donors (Lipinski definition) is 0. The molecular formula is C67H41N3O. The van der Waals surface area contributed by atoms with Crippen LogP contribution < -0.4 is 0 Å². The molecule has 0 atom stereocenters. The first-order chi connectivity index (χ1) is 35.1. The van der Waals surface area contributed by atoms with Gasteiger partial charge >= 0.3 is 0 Å². The van der Waals surface area contributed by atoms with Gasteiger partial charge in [-0.05, 0) is 144 Å². The maximum atomic E-state index is 6.73. The molecule has 0 saturated carbocycles. The molecule has 3 heterocycles. The van der Waals surface area contributed by atoms with Crippen LogP contribution >= 0.6 is 0 Å². The Morgan fingerprint density at radius 2 is 0.577 bits per heavy atom. The van der Waals surface area contributed by atoms with Crippen molar-refractivity contribution in [3.05, 3.63) is 249 Å². The highest BCUT2D eigenvalue weighted by atomic mass is 16.3. The van der Waals surface area contributed by atoms with Crippen LogP contribution in [-0.2, 0) is 0 Å². The SMILES string of the molecule is c1ccc2cc(-c3cc(-c4cc(-c5cc(-c6ccc7ccccc7c6)cc(-c6ccc7ccccc7c6)n5)cc(-c5nc6c(ccc7ccccc76)o5)c4)nc(-c4ccc5ccccc5c4)c3)ccc2c1. The lowest BCUT2D eigenvalue weighted by Crippen LogP contribution is -1.95. The highest BCUT2D eigenvalue weighted by Crippen LogP contribution is 2.40. The Morgan fingerprint density at radius 1 is 0.225 bits per heavy atom. The van der Waals surface area contributed by atoms with Gasteiger partial charge in [-0.1, -0.05) is 176 Å². The van der Waals surface area contributed by atoms with E-state index in [1.807, 2.05) is 6.07 Å². The molecule has 4 heteroatoms. The molecule has 0 unspecified atom stereocenters. The summed E-state index contributed by atoms with van der Waals surface area (Å²) in [6.07, 6.45) is 0. The van der Waals surface area contributed by atoms with Gasteiger partial charge in [-0.15, -0.1) is 0 Å². The van der Waals surface area contributed by atoms with Crippen LogP contribution in [0.25, 0.3) is 144 Å². The third-order valence-corrected chi connectivity index (χ3v) is 14.0. The molecule has 4 nitrogen and oxygen atoms in total. The average molecular weight is 904 g/mol. The van der Waals surface area contributed by atoms with Crippen LogP contribution in [0.2, 0.25) is 0 Å². The Morgan fingerprint density at radius 3 is 1.04 bits per heavy atom. The molecule has 330 valence electrons. The Bertz CT molecular complexity index is 4010. The molecule has 14 rings (SSSR count). The molecule has 0 N–H and O–H groups in total. The topological polar surface area (TPSA) is 51.8 Å². The molecule has 0 fully saturated rings. The zero-order valence-electron chi connectivity index (χ0n) is 38.4. The van der Waals surface area contributed by atoms with Gasteiger partial charge in [0, 0.05) is 33.2 Å². The highest BCUT2D eigenvalue weighted by molar-refractivity contribution is 6.04. The number of hydrogen-bond acceptors (Lipinski definition) is 4. The molecule has 0 aliphatic rings. The molecule has 0 spiro atoms. The van der Waals surface area contributed by atoms with E-state index in [1.54, 1.807) is 0 Å².